The molecule has 0 N–H and O–H groups in total. The van der Waals surface area contributed by atoms with Crippen molar-refractivity contribution in [2.45, 2.75) is 19.1 Å². The van der Waals surface area contributed by atoms with Gasteiger partial charge in [0.1, 0.15) is 12.4 Å². The van der Waals surface area contributed by atoms with Gasteiger partial charge in [0.2, 0.25) is 0 Å². The second kappa shape index (κ2) is 8.51. The molecule has 0 radical (unpaired) electrons. The zero-order chi connectivity index (χ0) is 20.3. The lowest BCUT2D eigenvalue weighted by Crippen LogP contribution is -2.52. The molecule has 0 bridgehead atoms. The lowest BCUT2D eigenvalue weighted by molar-refractivity contribution is 0.0588. The van der Waals surface area contributed by atoms with Gasteiger partial charge in [-0.05, 0) is 48.4 Å². The number of rotatable bonds is 5. The van der Waals surface area contributed by atoms with Gasteiger partial charge in [-0.25, -0.2) is 8.42 Å². The van der Waals surface area contributed by atoms with E-state index in [2.05, 4.69) is 9.88 Å². The molecule has 154 valence electrons. The first kappa shape index (κ1) is 19.8. The zero-order valence-electron chi connectivity index (χ0n) is 16.2. The van der Waals surface area contributed by atoms with Gasteiger partial charge in [-0.1, -0.05) is 0 Å². The fraction of sp³-hybridized carbons (Fsp3) is 0.429. The smallest absolute Gasteiger partial charge is 0.253 e. The van der Waals surface area contributed by atoms with Gasteiger partial charge in [-0.15, -0.1) is 0 Å². The van der Waals surface area contributed by atoms with Crippen molar-refractivity contribution in [2.24, 2.45) is 0 Å². The summed E-state index contributed by atoms with van der Waals surface area (Å²) in [7, 11) is -2.88. The van der Waals surface area contributed by atoms with Crippen LogP contribution in [0.4, 0.5) is 0 Å². The van der Waals surface area contributed by atoms with Crippen LogP contribution in [0.3, 0.4) is 0 Å². The van der Waals surface area contributed by atoms with E-state index in [0.29, 0.717) is 37.4 Å². The summed E-state index contributed by atoms with van der Waals surface area (Å²) in [4.78, 5) is 20.8. The number of ether oxygens (including phenoxy) is 1. The van der Waals surface area contributed by atoms with Gasteiger partial charge >= 0.3 is 0 Å². The summed E-state index contributed by atoms with van der Waals surface area (Å²) in [5.74, 6) is 1.25. The highest BCUT2D eigenvalue weighted by molar-refractivity contribution is 7.91. The lowest BCUT2D eigenvalue weighted by atomic mass is 10.1. The molecule has 29 heavy (non-hydrogen) atoms. The van der Waals surface area contributed by atoms with Gasteiger partial charge in [0, 0.05) is 50.2 Å². The van der Waals surface area contributed by atoms with Crippen LogP contribution in [0.25, 0.3) is 0 Å². The number of nitrogens with zero attached hydrogens (tertiary/aromatic N) is 3. The highest BCUT2D eigenvalue weighted by atomic mass is 32.2. The van der Waals surface area contributed by atoms with Crippen molar-refractivity contribution in [2.75, 3.05) is 37.7 Å². The van der Waals surface area contributed by atoms with Gasteiger partial charge in [-0.2, -0.15) is 0 Å². The third kappa shape index (κ3) is 4.94. The number of amides is 1. The van der Waals surface area contributed by atoms with Crippen molar-refractivity contribution in [3.8, 4) is 5.75 Å². The third-order valence-corrected chi connectivity index (χ3v) is 7.33. The van der Waals surface area contributed by atoms with Crippen LogP contribution >= 0.6 is 0 Å². The molecule has 1 amide bonds. The van der Waals surface area contributed by atoms with Crippen molar-refractivity contribution in [1.82, 2.24) is 14.8 Å². The minimum atomic E-state index is -2.88. The van der Waals surface area contributed by atoms with Crippen molar-refractivity contribution in [3.05, 3.63) is 59.9 Å². The molecule has 0 unspecified atom stereocenters. The quantitative estimate of drug-likeness (QED) is 0.738. The van der Waals surface area contributed by atoms with Crippen LogP contribution < -0.4 is 4.74 Å². The van der Waals surface area contributed by atoms with Gasteiger partial charge in [0.05, 0.1) is 11.5 Å². The van der Waals surface area contributed by atoms with Crippen LogP contribution in [0.15, 0.2) is 48.8 Å². The average Bonchev–Trinajstić information content (AvgIpc) is 3.13. The Morgan fingerprint density at radius 2 is 1.72 bits per heavy atom. The highest BCUT2D eigenvalue weighted by Crippen LogP contribution is 2.20. The van der Waals surface area contributed by atoms with E-state index in [-0.39, 0.29) is 23.5 Å². The Hall–Kier alpha value is -2.45. The Kier molecular flexibility index (Phi) is 5.82. The largest absolute Gasteiger partial charge is 0.489 e. The summed E-state index contributed by atoms with van der Waals surface area (Å²) in [5, 5.41) is 0. The zero-order valence-corrected chi connectivity index (χ0v) is 17.1. The number of hydrogen-bond donors (Lipinski definition) is 0. The fourth-order valence-electron chi connectivity index (χ4n) is 3.88. The van der Waals surface area contributed by atoms with Crippen LogP contribution in [0.2, 0.25) is 0 Å². The molecule has 0 aliphatic carbocycles. The van der Waals surface area contributed by atoms with Gasteiger partial charge < -0.3 is 9.64 Å². The Balaban J connectivity index is 1.28. The number of benzene rings is 1. The molecule has 1 atom stereocenters. The van der Waals surface area contributed by atoms with E-state index < -0.39 is 9.84 Å². The average molecular weight is 416 g/mol. The number of carbonyl (C=O) groups excluding carboxylic acids is 1. The van der Waals surface area contributed by atoms with E-state index in [1.165, 1.54) is 0 Å². The molecule has 0 spiro atoms. The number of carbonyl (C=O) groups is 1. The van der Waals surface area contributed by atoms with Gasteiger partial charge in [0.25, 0.3) is 5.91 Å². The first-order chi connectivity index (χ1) is 14.0. The molecule has 0 saturated carbocycles. The maximum absolute atomic E-state index is 12.8. The lowest BCUT2D eigenvalue weighted by Gasteiger charge is -2.37. The second-order valence-corrected chi connectivity index (χ2v) is 9.78. The number of aromatic nitrogens is 1. The molecule has 3 heterocycles. The minimum Gasteiger partial charge on any atom is -0.489 e. The van der Waals surface area contributed by atoms with Crippen molar-refractivity contribution in [3.63, 3.8) is 0 Å². The number of hydrogen-bond acceptors (Lipinski definition) is 6. The third-order valence-electron chi connectivity index (χ3n) is 5.58. The number of piperazine rings is 1. The minimum absolute atomic E-state index is 0.00405. The predicted octanol–water partition coefficient (Wildman–Crippen LogP) is 1.61. The Labute approximate surface area is 171 Å². The van der Waals surface area contributed by atoms with Crippen LogP contribution in [0.5, 0.6) is 5.75 Å². The maximum Gasteiger partial charge on any atom is 0.253 e. The fourth-order valence-corrected chi connectivity index (χ4v) is 5.64. The van der Waals surface area contributed by atoms with Crippen LogP contribution in [-0.2, 0) is 16.4 Å². The molecule has 1 aromatic carbocycles. The summed E-state index contributed by atoms with van der Waals surface area (Å²) in [5.41, 5.74) is 1.67. The van der Waals surface area contributed by atoms with Gasteiger partial charge in [0.15, 0.2) is 9.84 Å². The van der Waals surface area contributed by atoms with E-state index in [4.69, 9.17) is 4.74 Å². The molecule has 2 aliphatic rings. The van der Waals surface area contributed by atoms with E-state index >= 15 is 0 Å². The maximum atomic E-state index is 12.8. The van der Waals surface area contributed by atoms with Crippen molar-refractivity contribution < 1.29 is 17.9 Å². The molecule has 8 heteroatoms. The van der Waals surface area contributed by atoms with Crippen LogP contribution in [0, 0.1) is 0 Å². The molecule has 2 aliphatic heterocycles. The Bertz CT molecular complexity index is 940. The summed E-state index contributed by atoms with van der Waals surface area (Å²) in [6.07, 6.45) is 4.16. The molecular formula is C21H25N3O4S. The second-order valence-electron chi connectivity index (χ2n) is 7.55. The Morgan fingerprint density at radius 1 is 1.03 bits per heavy atom. The van der Waals surface area contributed by atoms with E-state index in [9.17, 15) is 13.2 Å². The van der Waals surface area contributed by atoms with Crippen LogP contribution in [0.1, 0.15) is 22.3 Å². The number of sulfone groups is 1. The predicted molar refractivity (Wildman–Crippen MR) is 110 cm³/mol. The first-order valence-electron chi connectivity index (χ1n) is 9.86. The summed E-state index contributed by atoms with van der Waals surface area (Å²) < 4.78 is 29.1. The normalized spacial score (nSPS) is 21.8. The topological polar surface area (TPSA) is 79.8 Å². The first-order valence-corrected chi connectivity index (χ1v) is 11.7. The van der Waals surface area contributed by atoms with E-state index in [1.54, 1.807) is 24.5 Å². The molecule has 2 aromatic rings. The SMILES string of the molecule is O=C(c1ccc(OCc2ccncc2)cc1)N1CCN([C@H]2CCS(=O)(=O)C2)CC1. The van der Waals surface area contributed by atoms with Crippen LogP contribution in [-0.4, -0.2) is 72.8 Å². The summed E-state index contributed by atoms with van der Waals surface area (Å²) >= 11 is 0. The monoisotopic (exact) mass is 415 g/mol. The molecular weight excluding hydrogens is 390 g/mol. The standard InChI is InChI=1S/C21H25N3O4S/c25-21(24-12-10-23(11-13-24)19-7-14-29(26,27)16-19)18-1-3-20(4-2-18)28-15-17-5-8-22-9-6-17/h1-6,8-9,19H,7,10-16H2/t19-/m0/s1. The Morgan fingerprint density at radius 3 is 2.34 bits per heavy atom. The van der Waals surface area contributed by atoms with E-state index in [1.807, 2.05) is 29.2 Å². The molecule has 2 saturated heterocycles. The summed E-state index contributed by atoms with van der Waals surface area (Å²) in [6.45, 7) is 3.14. The van der Waals surface area contributed by atoms with Gasteiger partial charge in [-0.3, -0.25) is 14.7 Å². The molecule has 2 fully saturated rings. The van der Waals surface area contributed by atoms with E-state index in [0.717, 1.165) is 18.7 Å². The summed E-state index contributed by atoms with van der Waals surface area (Å²) in [6, 6.07) is 11.1. The van der Waals surface area contributed by atoms with Crippen molar-refractivity contribution >= 4 is 15.7 Å². The molecule has 4 rings (SSSR count). The molecule has 1 aromatic heterocycles. The van der Waals surface area contributed by atoms with Crippen molar-refractivity contribution in [1.29, 1.82) is 0 Å². The number of pyridine rings is 1. The highest BCUT2D eigenvalue weighted by Gasteiger charge is 2.34. The molecule has 7 nitrogen and oxygen atoms in total.